The first-order valence-electron chi connectivity index (χ1n) is 13.3. The quantitative estimate of drug-likeness (QED) is 0.557. The number of aliphatic hydroxyl groups excluding tert-OH is 3. The van der Waals surface area contributed by atoms with E-state index >= 15 is 0 Å². The Labute approximate surface area is 199 Å². The Morgan fingerprint density at radius 1 is 1.06 bits per heavy atom. The number of rotatable bonds is 2. The van der Waals surface area contributed by atoms with Crippen LogP contribution in [0.2, 0.25) is 0 Å². The summed E-state index contributed by atoms with van der Waals surface area (Å²) in [6, 6.07) is 0. The SMILES string of the molecule is CC(C)[C@@H]1CC(=O)[C@H]2[C@@]1(CO)CC[C@@]1(C)[C@H]3C(=CC[C@]21C)C1=C(C[C@@H]3O)C(C)(C)[C@@H](O)CC1. The number of fused-ring (bicyclic) bond motifs is 6. The van der Waals surface area contributed by atoms with Gasteiger partial charge in [-0.2, -0.15) is 0 Å². The highest BCUT2D eigenvalue weighted by Crippen LogP contribution is 2.73. The number of ketones is 1. The van der Waals surface area contributed by atoms with Gasteiger partial charge in [0.1, 0.15) is 5.78 Å². The summed E-state index contributed by atoms with van der Waals surface area (Å²) in [5.41, 5.74) is 2.80. The summed E-state index contributed by atoms with van der Waals surface area (Å²) in [5, 5.41) is 33.1. The van der Waals surface area contributed by atoms with Crippen LogP contribution in [-0.2, 0) is 4.79 Å². The second-order valence-electron chi connectivity index (χ2n) is 13.5. The van der Waals surface area contributed by atoms with Gasteiger partial charge >= 0.3 is 0 Å². The lowest BCUT2D eigenvalue weighted by molar-refractivity contribution is -0.179. The minimum atomic E-state index is -0.497. The first-order chi connectivity index (χ1) is 15.3. The third kappa shape index (κ3) is 2.78. The van der Waals surface area contributed by atoms with Crippen LogP contribution >= 0.6 is 0 Å². The summed E-state index contributed by atoms with van der Waals surface area (Å²) in [7, 11) is 0. The Balaban J connectivity index is 1.64. The van der Waals surface area contributed by atoms with Crippen molar-refractivity contribution < 1.29 is 20.1 Å². The molecule has 0 amide bonds. The van der Waals surface area contributed by atoms with E-state index in [1.54, 1.807) is 0 Å². The minimum absolute atomic E-state index is 0.0173. The number of hydrogen-bond donors (Lipinski definition) is 3. The summed E-state index contributed by atoms with van der Waals surface area (Å²) in [6.07, 6.45) is 6.95. The van der Waals surface area contributed by atoms with Crippen LogP contribution in [0.4, 0.5) is 0 Å². The van der Waals surface area contributed by atoms with E-state index in [4.69, 9.17) is 0 Å². The van der Waals surface area contributed by atoms with Crippen molar-refractivity contribution in [2.24, 2.45) is 45.3 Å². The Morgan fingerprint density at radius 2 is 1.76 bits per heavy atom. The molecule has 0 aromatic carbocycles. The highest BCUT2D eigenvalue weighted by Gasteiger charge is 2.71. The van der Waals surface area contributed by atoms with Crippen molar-refractivity contribution in [1.82, 2.24) is 0 Å². The van der Waals surface area contributed by atoms with Crippen molar-refractivity contribution in [3.05, 3.63) is 22.8 Å². The van der Waals surface area contributed by atoms with Gasteiger partial charge < -0.3 is 15.3 Å². The van der Waals surface area contributed by atoms with E-state index in [9.17, 15) is 20.1 Å². The van der Waals surface area contributed by atoms with Crippen LogP contribution in [0.5, 0.6) is 0 Å². The lowest BCUT2D eigenvalue weighted by Crippen LogP contribution is -2.63. The number of carbonyl (C=O) groups is 1. The highest BCUT2D eigenvalue weighted by atomic mass is 16.3. The zero-order valence-corrected chi connectivity index (χ0v) is 21.4. The minimum Gasteiger partial charge on any atom is -0.396 e. The molecule has 2 saturated carbocycles. The van der Waals surface area contributed by atoms with Gasteiger partial charge in [0.05, 0.1) is 12.2 Å². The molecule has 0 heterocycles. The third-order valence-electron chi connectivity index (χ3n) is 11.8. The van der Waals surface area contributed by atoms with Gasteiger partial charge in [0.15, 0.2) is 0 Å². The van der Waals surface area contributed by atoms with Crippen molar-refractivity contribution in [2.75, 3.05) is 6.61 Å². The number of carbonyl (C=O) groups excluding carboxylic acids is 1. The van der Waals surface area contributed by atoms with Crippen molar-refractivity contribution in [3.63, 3.8) is 0 Å². The van der Waals surface area contributed by atoms with E-state index < -0.39 is 6.10 Å². The Hall–Kier alpha value is -0.970. The number of aliphatic hydroxyl groups is 3. The van der Waals surface area contributed by atoms with Crippen LogP contribution in [0, 0.1) is 45.3 Å². The molecular weight excluding hydrogens is 412 g/mol. The molecule has 0 aromatic heterocycles. The Bertz CT molecular complexity index is 928. The molecule has 2 fully saturated rings. The van der Waals surface area contributed by atoms with Crippen molar-refractivity contribution in [1.29, 1.82) is 0 Å². The fraction of sp³-hybridized carbons (Fsp3) is 0.828. The molecular formula is C29H44O4. The van der Waals surface area contributed by atoms with Gasteiger partial charge in [-0.15, -0.1) is 0 Å². The first kappa shape index (κ1) is 23.8. The monoisotopic (exact) mass is 456 g/mol. The van der Waals surface area contributed by atoms with Gasteiger partial charge in [0, 0.05) is 35.7 Å². The van der Waals surface area contributed by atoms with E-state index in [1.807, 2.05) is 0 Å². The number of allylic oxidation sites excluding steroid dienone is 2. The Morgan fingerprint density at radius 3 is 2.39 bits per heavy atom. The largest absolute Gasteiger partial charge is 0.396 e. The molecule has 0 saturated heterocycles. The van der Waals surface area contributed by atoms with Crippen molar-refractivity contribution >= 4 is 5.78 Å². The molecule has 5 aliphatic rings. The van der Waals surface area contributed by atoms with E-state index in [-0.39, 0.29) is 52.1 Å². The van der Waals surface area contributed by atoms with Gasteiger partial charge in [-0.05, 0) is 72.3 Å². The topological polar surface area (TPSA) is 77.8 Å². The number of hydrogen-bond acceptors (Lipinski definition) is 4. The van der Waals surface area contributed by atoms with Gasteiger partial charge in [-0.3, -0.25) is 4.79 Å². The van der Waals surface area contributed by atoms with Gasteiger partial charge in [0.2, 0.25) is 0 Å². The molecule has 5 aliphatic carbocycles. The Kier molecular flexibility index (Phi) is 5.24. The van der Waals surface area contributed by atoms with E-state index in [0.29, 0.717) is 24.5 Å². The van der Waals surface area contributed by atoms with Crippen LogP contribution in [0.3, 0.4) is 0 Å². The lowest BCUT2D eigenvalue weighted by atomic mass is 9.38. The maximum absolute atomic E-state index is 13.6. The van der Waals surface area contributed by atoms with Gasteiger partial charge in [-0.25, -0.2) is 0 Å². The maximum Gasteiger partial charge on any atom is 0.137 e. The predicted molar refractivity (Wildman–Crippen MR) is 129 cm³/mol. The molecule has 0 aliphatic heterocycles. The predicted octanol–water partition coefficient (Wildman–Crippen LogP) is 4.82. The van der Waals surface area contributed by atoms with Crippen LogP contribution in [0.1, 0.15) is 86.5 Å². The standard InChI is InChI=1S/C29H44O4/c1-16(2)19-13-22(32)25-28(6)10-9-18-17-7-8-23(33)26(3,4)20(17)14-21(31)24(18)27(28,5)11-12-29(19,25)15-30/h9,16,19,21,23-25,30-31,33H,7-8,10-15H2,1-6H3/t19-,21-,23-,24-,25+,27-,28+,29+/m0/s1. The molecule has 0 spiro atoms. The van der Waals surface area contributed by atoms with E-state index in [2.05, 4.69) is 47.6 Å². The molecule has 3 N–H and O–H groups in total. The second-order valence-corrected chi connectivity index (χ2v) is 13.5. The summed E-state index contributed by atoms with van der Waals surface area (Å²) in [5.74, 6) is 0.811. The molecule has 0 aromatic rings. The van der Waals surface area contributed by atoms with Crippen LogP contribution in [0.25, 0.3) is 0 Å². The molecule has 0 bridgehead atoms. The second kappa shape index (κ2) is 7.27. The van der Waals surface area contributed by atoms with E-state index in [0.717, 1.165) is 32.1 Å². The van der Waals surface area contributed by atoms with E-state index in [1.165, 1.54) is 16.7 Å². The number of Topliss-reactive ketones (excluding diaryl/α,β-unsaturated/α-hetero) is 1. The third-order valence-corrected chi connectivity index (χ3v) is 11.8. The normalized spacial score (nSPS) is 48.7. The first-order valence-corrected chi connectivity index (χ1v) is 13.3. The maximum atomic E-state index is 13.6. The average molecular weight is 457 g/mol. The van der Waals surface area contributed by atoms with Crippen LogP contribution < -0.4 is 0 Å². The molecule has 5 rings (SSSR count). The lowest BCUT2D eigenvalue weighted by Gasteiger charge is -2.66. The zero-order valence-electron chi connectivity index (χ0n) is 21.4. The van der Waals surface area contributed by atoms with Crippen LogP contribution in [0.15, 0.2) is 22.8 Å². The summed E-state index contributed by atoms with van der Waals surface area (Å²) in [6.45, 7) is 13.3. The average Bonchev–Trinajstić information content (AvgIpc) is 3.06. The summed E-state index contributed by atoms with van der Waals surface area (Å²) >= 11 is 0. The fourth-order valence-corrected chi connectivity index (χ4v) is 9.70. The summed E-state index contributed by atoms with van der Waals surface area (Å²) in [4.78, 5) is 13.6. The highest BCUT2D eigenvalue weighted by molar-refractivity contribution is 5.86. The molecule has 0 unspecified atom stereocenters. The van der Waals surface area contributed by atoms with Crippen LogP contribution in [-0.4, -0.2) is 39.9 Å². The van der Waals surface area contributed by atoms with Gasteiger partial charge in [-0.1, -0.05) is 53.2 Å². The molecule has 4 nitrogen and oxygen atoms in total. The molecule has 33 heavy (non-hydrogen) atoms. The zero-order chi connectivity index (χ0) is 24.1. The van der Waals surface area contributed by atoms with Gasteiger partial charge in [0.25, 0.3) is 0 Å². The molecule has 0 radical (unpaired) electrons. The molecule has 184 valence electrons. The molecule has 8 atom stereocenters. The molecule has 4 heteroatoms. The fourth-order valence-electron chi connectivity index (χ4n) is 9.70. The smallest absolute Gasteiger partial charge is 0.137 e. The summed E-state index contributed by atoms with van der Waals surface area (Å²) < 4.78 is 0. The van der Waals surface area contributed by atoms with Crippen molar-refractivity contribution in [2.45, 2.75) is 98.7 Å². The van der Waals surface area contributed by atoms with Crippen molar-refractivity contribution in [3.8, 4) is 0 Å².